The normalized spacial score (nSPS) is 13.4. The number of halogens is 2. The van der Waals surface area contributed by atoms with E-state index in [-0.39, 0.29) is 5.82 Å². The van der Waals surface area contributed by atoms with Gasteiger partial charge in [0.05, 0.1) is 10.2 Å². The van der Waals surface area contributed by atoms with Gasteiger partial charge < -0.3 is 4.74 Å². The molecule has 0 saturated carbocycles. The standard InChI is InChI=1S/C13H10BrFN2O/c14-10-5-4-8(6-11(10)15)18-13-9-2-1-3-12(9)16-7-17-13/h4-7H,1-3H2. The maximum Gasteiger partial charge on any atom is 0.225 e. The number of hydrogen-bond acceptors (Lipinski definition) is 3. The lowest BCUT2D eigenvalue weighted by Gasteiger charge is -2.08. The van der Waals surface area contributed by atoms with E-state index in [4.69, 9.17) is 4.74 Å². The maximum absolute atomic E-state index is 13.4. The molecule has 1 aliphatic carbocycles. The second-order valence-corrected chi connectivity index (χ2v) is 4.99. The second kappa shape index (κ2) is 4.65. The number of ether oxygens (including phenoxy) is 1. The number of hydrogen-bond donors (Lipinski definition) is 0. The first-order valence-electron chi connectivity index (χ1n) is 5.69. The molecule has 0 aliphatic heterocycles. The number of aryl methyl sites for hydroxylation is 1. The highest BCUT2D eigenvalue weighted by Gasteiger charge is 2.18. The molecule has 1 aliphatic rings. The summed E-state index contributed by atoms with van der Waals surface area (Å²) in [4.78, 5) is 8.35. The molecule has 0 amide bonds. The van der Waals surface area contributed by atoms with E-state index < -0.39 is 0 Å². The lowest BCUT2D eigenvalue weighted by molar-refractivity contribution is 0.450. The Morgan fingerprint density at radius 2 is 2.11 bits per heavy atom. The molecule has 0 atom stereocenters. The largest absolute Gasteiger partial charge is 0.439 e. The third-order valence-corrected chi connectivity index (χ3v) is 3.58. The van der Waals surface area contributed by atoms with Crippen molar-refractivity contribution in [2.24, 2.45) is 0 Å². The minimum absolute atomic E-state index is 0.349. The van der Waals surface area contributed by atoms with E-state index in [9.17, 15) is 4.39 Å². The zero-order chi connectivity index (χ0) is 12.5. The summed E-state index contributed by atoms with van der Waals surface area (Å²) in [6.07, 6.45) is 4.45. The summed E-state index contributed by atoms with van der Waals surface area (Å²) in [6.45, 7) is 0. The highest BCUT2D eigenvalue weighted by atomic mass is 79.9. The SMILES string of the molecule is Fc1cc(Oc2ncnc3c2CCC3)ccc1Br. The van der Waals surface area contributed by atoms with Gasteiger partial charge in [0.25, 0.3) is 0 Å². The molecular formula is C13H10BrFN2O. The monoisotopic (exact) mass is 308 g/mol. The predicted molar refractivity (Wildman–Crippen MR) is 68.2 cm³/mol. The van der Waals surface area contributed by atoms with Gasteiger partial charge in [-0.25, -0.2) is 14.4 Å². The van der Waals surface area contributed by atoms with Crippen molar-refractivity contribution in [2.75, 3.05) is 0 Å². The molecule has 0 spiro atoms. The average Bonchev–Trinajstić information content (AvgIpc) is 2.83. The van der Waals surface area contributed by atoms with Crippen LogP contribution >= 0.6 is 15.9 Å². The van der Waals surface area contributed by atoms with Crippen molar-refractivity contribution >= 4 is 15.9 Å². The van der Waals surface area contributed by atoms with Crippen LogP contribution in [0.4, 0.5) is 4.39 Å². The van der Waals surface area contributed by atoms with E-state index in [0.717, 1.165) is 30.5 Å². The van der Waals surface area contributed by atoms with E-state index in [0.29, 0.717) is 16.1 Å². The Hall–Kier alpha value is -1.49. The highest BCUT2D eigenvalue weighted by Crippen LogP contribution is 2.31. The molecule has 0 bridgehead atoms. The van der Waals surface area contributed by atoms with Gasteiger partial charge in [0, 0.05) is 11.6 Å². The lowest BCUT2D eigenvalue weighted by atomic mass is 10.2. The predicted octanol–water partition coefficient (Wildman–Crippen LogP) is 3.66. The van der Waals surface area contributed by atoms with Crippen LogP contribution in [0.2, 0.25) is 0 Å². The molecule has 3 nitrogen and oxygen atoms in total. The Morgan fingerprint density at radius 1 is 1.22 bits per heavy atom. The van der Waals surface area contributed by atoms with Crippen molar-refractivity contribution in [1.29, 1.82) is 0 Å². The number of rotatable bonds is 2. The molecule has 0 saturated heterocycles. The molecule has 18 heavy (non-hydrogen) atoms. The second-order valence-electron chi connectivity index (χ2n) is 4.14. The Balaban J connectivity index is 1.93. The van der Waals surface area contributed by atoms with Gasteiger partial charge in [-0.3, -0.25) is 0 Å². The zero-order valence-corrected chi connectivity index (χ0v) is 11.1. The Labute approximate surface area is 112 Å². The van der Waals surface area contributed by atoms with E-state index in [1.807, 2.05) is 0 Å². The first-order valence-corrected chi connectivity index (χ1v) is 6.49. The molecule has 0 N–H and O–H groups in total. The molecule has 92 valence electrons. The summed E-state index contributed by atoms with van der Waals surface area (Å²) in [5, 5.41) is 0. The van der Waals surface area contributed by atoms with Crippen molar-refractivity contribution in [3.8, 4) is 11.6 Å². The van der Waals surface area contributed by atoms with Crippen LogP contribution in [-0.2, 0) is 12.8 Å². The number of fused-ring (bicyclic) bond motifs is 1. The zero-order valence-electron chi connectivity index (χ0n) is 9.49. The molecular weight excluding hydrogens is 299 g/mol. The van der Waals surface area contributed by atoms with Gasteiger partial charge in [0.1, 0.15) is 17.9 Å². The molecule has 1 aromatic heterocycles. The molecule has 2 aromatic rings. The van der Waals surface area contributed by atoms with Crippen LogP contribution in [0.3, 0.4) is 0 Å². The first-order chi connectivity index (χ1) is 8.74. The van der Waals surface area contributed by atoms with Crippen molar-refractivity contribution in [3.63, 3.8) is 0 Å². The summed E-state index contributed by atoms with van der Waals surface area (Å²) in [6, 6.07) is 4.66. The van der Waals surface area contributed by atoms with Crippen LogP contribution in [0.1, 0.15) is 17.7 Å². The quantitative estimate of drug-likeness (QED) is 0.849. The molecule has 5 heteroatoms. The van der Waals surface area contributed by atoms with E-state index in [2.05, 4.69) is 25.9 Å². The highest BCUT2D eigenvalue weighted by molar-refractivity contribution is 9.10. The van der Waals surface area contributed by atoms with Gasteiger partial charge in [-0.1, -0.05) is 0 Å². The van der Waals surface area contributed by atoms with E-state index >= 15 is 0 Å². The fraction of sp³-hybridized carbons (Fsp3) is 0.231. The lowest BCUT2D eigenvalue weighted by Crippen LogP contribution is -1.97. The van der Waals surface area contributed by atoms with Crippen LogP contribution in [0.15, 0.2) is 29.0 Å². The van der Waals surface area contributed by atoms with Crippen LogP contribution < -0.4 is 4.74 Å². The fourth-order valence-electron chi connectivity index (χ4n) is 2.07. The number of nitrogens with zero attached hydrogens (tertiary/aromatic N) is 2. The van der Waals surface area contributed by atoms with Crippen LogP contribution in [0.5, 0.6) is 11.6 Å². The molecule has 0 radical (unpaired) electrons. The molecule has 3 rings (SSSR count). The maximum atomic E-state index is 13.4. The van der Waals surface area contributed by atoms with Crippen molar-refractivity contribution in [1.82, 2.24) is 9.97 Å². The smallest absolute Gasteiger partial charge is 0.225 e. The van der Waals surface area contributed by atoms with Crippen molar-refractivity contribution in [2.45, 2.75) is 19.3 Å². The number of benzene rings is 1. The van der Waals surface area contributed by atoms with Gasteiger partial charge in [-0.15, -0.1) is 0 Å². The third-order valence-electron chi connectivity index (χ3n) is 2.94. The molecule has 0 fully saturated rings. The van der Waals surface area contributed by atoms with Crippen LogP contribution in [0.25, 0.3) is 0 Å². The summed E-state index contributed by atoms with van der Waals surface area (Å²) in [5.41, 5.74) is 2.08. The van der Waals surface area contributed by atoms with Gasteiger partial charge in [0.2, 0.25) is 5.88 Å². The van der Waals surface area contributed by atoms with Crippen molar-refractivity contribution in [3.05, 3.63) is 46.1 Å². The van der Waals surface area contributed by atoms with Crippen LogP contribution in [-0.4, -0.2) is 9.97 Å². The summed E-state index contributed by atoms with van der Waals surface area (Å²) >= 11 is 3.11. The summed E-state index contributed by atoms with van der Waals surface area (Å²) < 4.78 is 19.5. The topological polar surface area (TPSA) is 35.0 Å². The third kappa shape index (κ3) is 2.10. The Bertz CT molecular complexity index is 604. The van der Waals surface area contributed by atoms with Gasteiger partial charge in [-0.2, -0.15) is 0 Å². The van der Waals surface area contributed by atoms with Gasteiger partial charge in [0.15, 0.2) is 0 Å². The van der Waals surface area contributed by atoms with Crippen molar-refractivity contribution < 1.29 is 9.13 Å². The number of aromatic nitrogens is 2. The van der Waals surface area contributed by atoms with Gasteiger partial charge >= 0.3 is 0 Å². The minimum Gasteiger partial charge on any atom is -0.439 e. The van der Waals surface area contributed by atoms with Gasteiger partial charge in [-0.05, 0) is 47.3 Å². The molecule has 1 heterocycles. The first kappa shape index (κ1) is 11.6. The van der Waals surface area contributed by atoms with E-state index in [1.54, 1.807) is 12.1 Å². The summed E-state index contributed by atoms with van der Waals surface area (Å²) in [5.74, 6) is 0.640. The minimum atomic E-state index is -0.349. The van der Waals surface area contributed by atoms with E-state index in [1.165, 1.54) is 12.4 Å². The Kier molecular flexibility index (Phi) is 2.99. The van der Waals surface area contributed by atoms with Crippen LogP contribution in [0, 0.1) is 5.82 Å². The molecule has 0 unspecified atom stereocenters. The summed E-state index contributed by atoms with van der Waals surface area (Å²) in [7, 11) is 0. The fourth-order valence-corrected chi connectivity index (χ4v) is 2.32. The Morgan fingerprint density at radius 3 is 2.94 bits per heavy atom. The molecule has 1 aromatic carbocycles. The average molecular weight is 309 g/mol.